The molecule has 0 atom stereocenters. The van der Waals surface area contributed by atoms with E-state index in [0.717, 1.165) is 6.07 Å². The summed E-state index contributed by atoms with van der Waals surface area (Å²) >= 11 is 0. The van der Waals surface area contributed by atoms with E-state index in [1.807, 2.05) is 0 Å². The molecule has 0 aliphatic carbocycles. The highest BCUT2D eigenvalue weighted by molar-refractivity contribution is 5.72. The molecule has 0 saturated heterocycles. The van der Waals surface area contributed by atoms with Crippen LogP contribution in [0.5, 0.6) is 0 Å². The molecule has 4 aromatic rings. The summed E-state index contributed by atoms with van der Waals surface area (Å²) in [6.45, 7) is 0.0884. The number of hydrogen-bond acceptors (Lipinski definition) is 7. The van der Waals surface area contributed by atoms with Crippen molar-refractivity contribution in [3.8, 4) is 22.7 Å². The second kappa shape index (κ2) is 7.62. The fourth-order valence-electron chi connectivity index (χ4n) is 2.56. The molecule has 0 unspecified atom stereocenters. The first-order chi connectivity index (χ1) is 14.0. The van der Waals surface area contributed by atoms with Crippen molar-refractivity contribution in [2.75, 3.05) is 0 Å². The number of hydrogen-bond donors (Lipinski definition) is 0. The average Bonchev–Trinajstić information content (AvgIpc) is 3.40. The van der Waals surface area contributed by atoms with Crippen LogP contribution in [0.2, 0.25) is 0 Å². The summed E-state index contributed by atoms with van der Waals surface area (Å²) in [7, 11) is 0. The van der Waals surface area contributed by atoms with Crippen molar-refractivity contribution in [2.24, 2.45) is 0 Å². The summed E-state index contributed by atoms with van der Waals surface area (Å²) in [5, 5.41) is 14.7. The van der Waals surface area contributed by atoms with Gasteiger partial charge in [0.2, 0.25) is 5.89 Å². The average molecular weight is 400 g/mol. The lowest BCUT2D eigenvalue weighted by Gasteiger charge is -2.04. The van der Waals surface area contributed by atoms with Crippen LogP contribution in [0.25, 0.3) is 22.7 Å². The lowest BCUT2D eigenvalue weighted by atomic mass is 10.1. The van der Waals surface area contributed by atoms with E-state index >= 15 is 0 Å². The normalized spacial score (nSPS) is 11.2. The predicted molar refractivity (Wildman–Crippen MR) is 92.4 cm³/mol. The first-order valence-corrected chi connectivity index (χ1v) is 8.25. The monoisotopic (exact) mass is 400 g/mol. The molecule has 3 aromatic heterocycles. The number of aromatic nitrogens is 6. The minimum Gasteiger partial charge on any atom is -0.415 e. The van der Waals surface area contributed by atoms with Gasteiger partial charge >= 0.3 is 6.43 Å². The number of benzene rings is 1. The molecule has 4 rings (SSSR count). The molecule has 29 heavy (non-hydrogen) atoms. The third kappa shape index (κ3) is 3.88. The van der Waals surface area contributed by atoms with Gasteiger partial charge in [0.15, 0.2) is 6.29 Å². The lowest BCUT2D eigenvalue weighted by Crippen LogP contribution is -2.03. The van der Waals surface area contributed by atoms with Gasteiger partial charge < -0.3 is 4.42 Å². The maximum absolute atomic E-state index is 14.5. The summed E-state index contributed by atoms with van der Waals surface area (Å²) in [5.41, 5.74) is 1.95. The van der Waals surface area contributed by atoms with Crippen LogP contribution in [0.15, 0.2) is 47.1 Å². The Bertz CT molecular complexity index is 1160. The topological polar surface area (TPSA) is 99.6 Å². The molecule has 1 aromatic carbocycles. The molecule has 0 saturated carbocycles. The van der Waals surface area contributed by atoms with Gasteiger partial charge in [-0.3, -0.25) is 9.78 Å². The van der Waals surface area contributed by atoms with Crippen molar-refractivity contribution >= 4 is 6.29 Å². The minimum atomic E-state index is -2.90. The first kappa shape index (κ1) is 18.5. The van der Waals surface area contributed by atoms with Crippen LogP contribution < -0.4 is 0 Å². The number of aldehydes is 1. The van der Waals surface area contributed by atoms with Gasteiger partial charge in [-0.2, -0.15) is 8.78 Å². The molecule has 0 aliphatic rings. The number of nitrogens with zero attached hydrogens (tertiary/aromatic N) is 6. The van der Waals surface area contributed by atoms with Crippen molar-refractivity contribution in [2.45, 2.75) is 13.0 Å². The molecule has 3 heterocycles. The Labute approximate surface area is 161 Å². The molecule has 0 bridgehead atoms. The quantitative estimate of drug-likeness (QED) is 0.458. The van der Waals surface area contributed by atoms with Crippen LogP contribution in [0.3, 0.4) is 0 Å². The Hall–Kier alpha value is -3.89. The minimum absolute atomic E-state index is 0.0884. The van der Waals surface area contributed by atoms with E-state index in [1.165, 1.54) is 23.0 Å². The maximum Gasteiger partial charge on any atom is 0.314 e. The van der Waals surface area contributed by atoms with E-state index in [4.69, 9.17) is 4.42 Å². The molecule has 0 amide bonds. The Balaban J connectivity index is 1.52. The highest BCUT2D eigenvalue weighted by Gasteiger charge is 2.18. The molecular formula is C18H11F3N6O2. The number of rotatable bonds is 6. The molecule has 146 valence electrons. The van der Waals surface area contributed by atoms with Crippen LogP contribution in [-0.4, -0.2) is 36.5 Å². The molecule has 11 heteroatoms. The smallest absolute Gasteiger partial charge is 0.314 e. The van der Waals surface area contributed by atoms with E-state index in [-0.39, 0.29) is 18.0 Å². The van der Waals surface area contributed by atoms with Crippen LogP contribution in [0.4, 0.5) is 13.2 Å². The second-order valence-electron chi connectivity index (χ2n) is 5.94. The zero-order chi connectivity index (χ0) is 20.4. The molecule has 0 N–H and O–H groups in total. The Kier molecular flexibility index (Phi) is 4.85. The number of carbonyl (C=O) groups is 1. The van der Waals surface area contributed by atoms with Crippen LogP contribution in [0.1, 0.15) is 28.4 Å². The van der Waals surface area contributed by atoms with E-state index in [9.17, 15) is 18.0 Å². The van der Waals surface area contributed by atoms with Gasteiger partial charge in [0.1, 0.15) is 17.2 Å². The number of carbonyl (C=O) groups excluding carboxylic acids is 1. The number of pyridine rings is 1. The fourth-order valence-corrected chi connectivity index (χ4v) is 2.56. The van der Waals surface area contributed by atoms with E-state index < -0.39 is 18.1 Å². The van der Waals surface area contributed by atoms with Crippen LogP contribution >= 0.6 is 0 Å². The Morgan fingerprint density at radius 2 is 1.93 bits per heavy atom. The second-order valence-corrected chi connectivity index (χ2v) is 5.94. The van der Waals surface area contributed by atoms with Crippen molar-refractivity contribution in [3.05, 3.63) is 65.7 Å². The fraction of sp³-hybridized carbons (Fsp3) is 0.111. The van der Waals surface area contributed by atoms with Gasteiger partial charge in [-0.1, -0.05) is 11.3 Å². The van der Waals surface area contributed by atoms with Crippen molar-refractivity contribution in [1.29, 1.82) is 0 Å². The van der Waals surface area contributed by atoms with Crippen molar-refractivity contribution in [1.82, 2.24) is 30.2 Å². The standard InChI is InChI=1S/C18H11F3N6O2/c19-14-5-10(17-24-25-18(29-17)16(20)21)1-2-12(14)7-27-8-15(23-26-27)11-3-4-13(9-28)22-6-11/h1-6,8-9,16H,7H2. The number of halogens is 3. The van der Waals surface area contributed by atoms with Crippen molar-refractivity contribution in [3.63, 3.8) is 0 Å². The zero-order valence-electron chi connectivity index (χ0n) is 14.5. The molecule has 0 radical (unpaired) electrons. The summed E-state index contributed by atoms with van der Waals surface area (Å²) in [6, 6.07) is 7.31. The van der Waals surface area contributed by atoms with E-state index in [2.05, 4.69) is 25.5 Å². The van der Waals surface area contributed by atoms with Gasteiger partial charge in [-0.05, 0) is 24.3 Å². The van der Waals surface area contributed by atoms with Gasteiger partial charge in [-0.25, -0.2) is 9.07 Å². The van der Waals surface area contributed by atoms with Gasteiger partial charge in [0.25, 0.3) is 5.89 Å². The molecule has 0 fully saturated rings. The molecular weight excluding hydrogens is 389 g/mol. The Morgan fingerprint density at radius 3 is 2.59 bits per heavy atom. The summed E-state index contributed by atoms with van der Waals surface area (Å²) in [4.78, 5) is 14.6. The molecule has 8 nitrogen and oxygen atoms in total. The van der Waals surface area contributed by atoms with E-state index in [0.29, 0.717) is 28.8 Å². The Morgan fingerprint density at radius 1 is 1.10 bits per heavy atom. The van der Waals surface area contributed by atoms with Gasteiger partial charge in [-0.15, -0.1) is 15.3 Å². The predicted octanol–water partition coefficient (Wildman–Crippen LogP) is 3.33. The molecule has 0 spiro atoms. The highest BCUT2D eigenvalue weighted by atomic mass is 19.3. The van der Waals surface area contributed by atoms with Crippen LogP contribution in [-0.2, 0) is 6.54 Å². The van der Waals surface area contributed by atoms with E-state index in [1.54, 1.807) is 18.3 Å². The summed E-state index contributed by atoms with van der Waals surface area (Å²) in [5.74, 6) is -1.61. The summed E-state index contributed by atoms with van der Waals surface area (Å²) < 4.78 is 45.8. The third-order valence-electron chi connectivity index (χ3n) is 4.00. The highest BCUT2D eigenvalue weighted by Crippen LogP contribution is 2.25. The first-order valence-electron chi connectivity index (χ1n) is 8.25. The van der Waals surface area contributed by atoms with Crippen LogP contribution in [0, 0.1) is 5.82 Å². The van der Waals surface area contributed by atoms with Gasteiger partial charge in [0, 0.05) is 22.9 Å². The lowest BCUT2D eigenvalue weighted by molar-refractivity contribution is 0.111. The maximum atomic E-state index is 14.5. The third-order valence-corrected chi connectivity index (χ3v) is 4.00. The van der Waals surface area contributed by atoms with Crippen molar-refractivity contribution < 1.29 is 22.4 Å². The van der Waals surface area contributed by atoms with Gasteiger partial charge in [0.05, 0.1) is 12.7 Å². The zero-order valence-corrected chi connectivity index (χ0v) is 14.5. The molecule has 0 aliphatic heterocycles. The number of alkyl halides is 2. The SMILES string of the molecule is O=Cc1ccc(-c2cn(Cc3ccc(-c4nnc(C(F)F)o4)cc3F)nn2)cn1. The largest absolute Gasteiger partial charge is 0.415 e. The summed E-state index contributed by atoms with van der Waals surface area (Å²) in [6.07, 6.45) is 0.839.